The molecule has 2 heterocycles. The van der Waals surface area contributed by atoms with Crippen molar-refractivity contribution in [2.75, 3.05) is 19.6 Å². The lowest BCUT2D eigenvalue weighted by atomic mass is 10.0. The molecule has 0 N–H and O–H groups in total. The molecule has 1 aliphatic rings. The van der Waals surface area contributed by atoms with Gasteiger partial charge in [0.25, 0.3) is 0 Å². The van der Waals surface area contributed by atoms with Crippen molar-refractivity contribution in [2.45, 2.75) is 25.8 Å². The van der Waals surface area contributed by atoms with Gasteiger partial charge < -0.3 is 9.80 Å². The van der Waals surface area contributed by atoms with Crippen LogP contribution in [0.5, 0.6) is 0 Å². The summed E-state index contributed by atoms with van der Waals surface area (Å²) in [5, 5.41) is 4.15. The van der Waals surface area contributed by atoms with Gasteiger partial charge in [0.2, 0.25) is 11.8 Å². The summed E-state index contributed by atoms with van der Waals surface area (Å²) in [6, 6.07) is 11.8. The number of rotatable bonds is 4. The van der Waals surface area contributed by atoms with Crippen LogP contribution in [0.25, 0.3) is 0 Å². The first kappa shape index (κ1) is 17.2. The van der Waals surface area contributed by atoms with E-state index in [1.54, 1.807) is 17.8 Å². The molecule has 1 aromatic carbocycles. The van der Waals surface area contributed by atoms with Crippen LogP contribution in [0.3, 0.4) is 0 Å². The first-order chi connectivity index (χ1) is 12.1. The van der Waals surface area contributed by atoms with Gasteiger partial charge in [0.15, 0.2) is 0 Å². The quantitative estimate of drug-likeness (QED) is 0.852. The maximum atomic E-state index is 12.9. The fourth-order valence-electron chi connectivity index (χ4n) is 3.35. The van der Waals surface area contributed by atoms with Crippen LogP contribution in [0.1, 0.15) is 30.6 Å². The molecule has 1 fully saturated rings. The molecule has 3 rings (SSSR count). The molecular weight excluding hydrogens is 316 g/mol. The molecule has 0 spiro atoms. The van der Waals surface area contributed by atoms with E-state index in [0.29, 0.717) is 32.5 Å². The fourth-order valence-corrected chi connectivity index (χ4v) is 3.35. The van der Waals surface area contributed by atoms with Gasteiger partial charge in [-0.1, -0.05) is 30.3 Å². The Morgan fingerprint density at radius 2 is 1.92 bits per heavy atom. The third kappa shape index (κ3) is 3.90. The number of nitrogens with zero attached hydrogens (tertiary/aromatic N) is 4. The Morgan fingerprint density at radius 1 is 1.16 bits per heavy atom. The van der Waals surface area contributed by atoms with Crippen LogP contribution in [0.2, 0.25) is 0 Å². The van der Waals surface area contributed by atoms with Crippen LogP contribution in [0.4, 0.5) is 0 Å². The molecule has 0 aliphatic carbocycles. The average molecular weight is 340 g/mol. The highest BCUT2D eigenvalue weighted by Gasteiger charge is 2.32. The van der Waals surface area contributed by atoms with Gasteiger partial charge >= 0.3 is 0 Å². The minimum Gasteiger partial charge on any atom is -0.339 e. The zero-order valence-electron chi connectivity index (χ0n) is 14.8. The van der Waals surface area contributed by atoms with E-state index < -0.39 is 0 Å². The van der Waals surface area contributed by atoms with Crippen molar-refractivity contribution in [1.82, 2.24) is 19.6 Å². The number of piperazine rings is 1. The summed E-state index contributed by atoms with van der Waals surface area (Å²) in [4.78, 5) is 28.4. The van der Waals surface area contributed by atoms with E-state index >= 15 is 0 Å². The Balaban J connectivity index is 1.74. The Hall–Kier alpha value is -2.63. The van der Waals surface area contributed by atoms with E-state index in [1.807, 2.05) is 53.2 Å². The van der Waals surface area contributed by atoms with Crippen LogP contribution in [-0.2, 0) is 23.1 Å². The number of aryl methyl sites for hydroxylation is 2. The predicted octanol–water partition coefficient (Wildman–Crippen LogP) is 1.78. The molecule has 6 nitrogen and oxygen atoms in total. The Bertz CT molecular complexity index is 741. The normalized spacial score (nSPS) is 17.6. The molecule has 1 saturated heterocycles. The van der Waals surface area contributed by atoms with Crippen LogP contribution < -0.4 is 0 Å². The highest BCUT2D eigenvalue weighted by molar-refractivity contribution is 5.78. The van der Waals surface area contributed by atoms with Crippen molar-refractivity contribution >= 4 is 11.8 Å². The Morgan fingerprint density at radius 3 is 2.56 bits per heavy atom. The monoisotopic (exact) mass is 340 g/mol. The van der Waals surface area contributed by atoms with Gasteiger partial charge in [0, 0.05) is 51.9 Å². The summed E-state index contributed by atoms with van der Waals surface area (Å²) in [7, 11) is 1.89. The lowest BCUT2D eigenvalue weighted by Crippen LogP contribution is -2.51. The second-order valence-electron chi connectivity index (χ2n) is 6.42. The number of carbonyl (C=O) groups excluding carboxylic acids is 2. The number of hydrogen-bond donors (Lipinski definition) is 0. The van der Waals surface area contributed by atoms with Gasteiger partial charge in [-0.3, -0.25) is 14.3 Å². The minimum atomic E-state index is -0.0853. The van der Waals surface area contributed by atoms with Crippen molar-refractivity contribution in [2.24, 2.45) is 7.05 Å². The largest absolute Gasteiger partial charge is 0.339 e. The molecule has 0 unspecified atom stereocenters. The van der Waals surface area contributed by atoms with Crippen molar-refractivity contribution in [3.8, 4) is 0 Å². The number of hydrogen-bond acceptors (Lipinski definition) is 3. The molecule has 1 atom stereocenters. The molecule has 0 bridgehead atoms. The van der Waals surface area contributed by atoms with E-state index in [-0.39, 0.29) is 17.9 Å². The van der Waals surface area contributed by atoms with Crippen molar-refractivity contribution < 1.29 is 9.59 Å². The summed E-state index contributed by atoms with van der Waals surface area (Å²) >= 11 is 0. The number of aromatic nitrogens is 2. The first-order valence-electron chi connectivity index (χ1n) is 8.63. The van der Waals surface area contributed by atoms with Gasteiger partial charge in [-0.15, -0.1) is 0 Å². The summed E-state index contributed by atoms with van der Waals surface area (Å²) in [5.74, 6) is 0.182. The fraction of sp³-hybridized carbons (Fsp3) is 0.421. The maximum Gasteiger partial charge on any atom is 0.223 e. The topological polar surface area (TPSA) is 58.4 Å². The van der Waals surface area contributed by atoms with E-state index in [9.17, 15) is 9.59 Å². The Kier molecular flexibility index (Phi) is 5.16. The molecular formula is C19H24N4O2. The van der Waals surface area contributed by atoms with Gasteiger partial charge in [-0.25, -0.2) is 0 Å². The molecule has 0 saturated carbocycles. The van der Waals surface area contributed by atoms with Crippen LogP contribution in [-0.4, -0.2) is 51.0 Å². The highest BCUT2D eigenvalue weighted by atomic mass is 16.2. The second-order valence-corrected chi connectivity index (χ2v) is 6.42. The van der Waals surface area contributed by atoms with Gasteiger partial charge in [-0.2, -0.15) is 5.10 Å². The third-order valence-corrected chi connectivity index (χ3v) is 4.85. The molecule has 1 aliphatic heterocycles. The summed E-state index contributed by atoms with van der Waals surface area (Å²) in [6.07, 6.45) is 2.87. The lowest BCUT2D eigenvalue weighted by molar-refractivity contribution is -0.142. The zero-order valence-corrected chi connectivity index (χ0v) is 14.8. The summed E-state index contributed by atoms with van der Waals surface area (Å²) in [6.45, 7) is 3.30. The molecule has 25 heavy (non-hydrogen) atoms. The molecule has 6 heteroatoms. The lowest BCUT2D eigenvalue weighted by Gasteiger charge is -2.41. The first-order valence-corrected chi connectivity index (χ1v) is 8.63. The van der Waals surface area contributed by atoms with Crippen LogP contribution in [0.15, 0.2) is 42.6 Å². The molecule has 132 valence electrons. The molecule has 1 aromatic heterocycles. The predicted molar refractivity (Wildman–Crippen MR) is 94.7 cm³/mol. The molecule has 0 radical (unpaired) electrons. The van der Waals surface area contributed by atoms with Gasteiger partial charge in [-0.05, 0) is 18.1 Å². The van der Waals surface area contributed by atoms with Crippen molar-refractivity contribution in [3.63, 3.8) is 0 Å². The van der Waals surface area contributed by atoms with E-state index in [2.05, 4.69) is 5.10 Å². The van der Waals surface area contributed by atoms with E-state index in [4.69, 9.17) is 0 Å². The smallest absolute Gasteiger partial charge is 0.223 e. The van der Waals surface area contributed by atoms with E-state index in [0.717, 1.165) is 11.3 Å². The zero-order chi connectivity index (χ0) is 17.8. The Labute approximate surface area is 148 Å². The minimum absolute atomic E-state index is 0.0583. The summed E-state index contributed by atoms with van der Waals surface area (Å²) in [5.41, 5.74) is 2.12. The highest BCUT2D eigenvalue weighted by Crippen LogP contribution is 2.26. The van der Waals surface area contributed by atoms with Gasteiger partial charge in [0.1, 0.15) is 0 Å². The van der Waals surface area contributed by atoms with E-state index in [1.165, 1.54) is 0 Å². The van der Waals surface area contributed by atoms with Crippen molar-refractivity contribution in [1.29, 1.82) is 0 Å². The standard InChI is InChI=1S/C19H24N4O2/c1-15(24)22-12-13-23(18(14-22)16-6-4-3-5-7-16)19(25)9-8-17-10-11-20-21(17)2/h3-7,10-11,18H,8-9,12-14H2,1-2H3/t18-/m1/s1. The maximum absolute atomic E-state index is 12.9. The average Bonchev–Trinajstić information content (AvgIpc) is 3.04. The number of benzene rings is 1. The third-order valence-electron chi connectivity index (χ3n) is 4.85. The van der Waals surface area contributed by atoms with Crippen molar-refractivity contribution in [3.05, 3.63) is 53.9 Å². The second kappa shape index (κ2) is 7.51. The number of carbonyl (C=O) groups is 2. The molecule has 2 amide bonds. The van der Waals surface area contributed by atoms with Crippen LogP contribution in [0, 0.1) is 0 Å². The molecule has 2 aromatic rings. The summed E-state index contributed by atoms with van der Waals surface area (Å²) < 4.78 is 1.80. The van der Waals surface area contributed by atoms with Gasteiger partial charge in [0.05, 0.1) is 6.04 Å². The van der Waals surface area contributed by atoms with Crippen LogP contribution >= 0.6 is 0 Å². The SMILES string of the molecule is CC(=O)N1CCN(C(=O)CCc2ccnn2C)[C@@H](c2ccccc2)C1. The number of amides is 2.